The van der Waals surface area contributed by atoms with E-state index in [9.17, 15) is 4.79 Å². The Labute approximate surface area is 115 Å². The van der Waals surface area contributed by atoms with E-state index in [1.165, 1.54) is 0 Å². The predicted octanol–water partition coefficient (Wildman–Crippen LogP) is 2.26. The molecule has 0 fully saturated rings. The molecule has 0 heterocycles. The van der Waals surface area contributed by atoms with Crippen LogP contribution in [0.5, 0.6) is 0 Å². The highest BCUT2D eigenvalue weighted by Crippen LogP contribution is 2.10. The van der Waals surface area contributed by atoms with Crippen LogP contribution in [0.3, 0.4) is 0 Å². The molecule has 1 unspecified atom stereocenters. The zero-order valence-electron chi connectivity index (χ0n) is 11.9. The third kappa shape index (κ3) is 5.41. The lowest BCUT2D eigenvalue weighted by molar-refractivity contribution is -0.145. The predicted molar refractivity (Wildman–Crippen MR) is 74.7 cm³/mol. The fourth-order valence-corrected chi connectivity index (χ4v) is 1.70. The summed E-state index contributed by atoms with van der Waals surface area (Å²) in [5, 5.41) is 3.17. The summed E-state index contributed by atoms with van der Waals surface area (Å²) in [6.07, 6.45) is 0. The highest BCUT2D eigenvalue weighted by atomic mass is 16.5. The van der Waals surface area contributed by atoms with Gasteiger partial charge >= 0.3 is 5.97 Å². The van der Waals surface area contributed by atoms with Crippen LogP contribution >= 0.6 is 0 Å². The molecule has 106 valence electrons. The molecular weight excluding hydrogens is 242 g/mol. The Morgan fingerprint density at radius 3 is 2.53 bits per heavy atom. The standard InChI is InChI=1S/C15H23NO3/c1-4-18-11-14-9-7-6-8-13(14)10-16-12(3)15(17)19-5-2/h6-9,12,16H,4-5,10-11H2,1-3H3. The molecule has 1 aromatic carbocycles. The molecule has 19 heavy (non-hydrogen) atoms. The highest BCUT2D eigenvalue weighted by molar-refractivity contribution is 5.75. The number of esters is 1. The van der Waals surface area contributed by atoms with Gasteiger partial charge in [0.25, 0.3) is 0 Å². The molecule has 0 amide bonds. The van der Waals surface area contributed by atoms with Crippen molar-refractivity contribution < 1.29 is 14.3 Å². The second-order valence-corrected chi connectivity index (χ2v) is 4.26. The molecule has 0 aliphatic carbocycles. The number of benzene rings is 1. The van der Waals surface area contributed by atoms with E-state index in [1.807, 2.05) is 45.0 Å². The zero-order chi connectivity index (χ0) is 14.1. The molecule has 0 aliphatic heterocycles. The quantitative estimate of drug-likeness (QED) is 0.732. The van der Waals surface area contributed by atoms with Gasteiger partial charge in [-0.3, -0.25) is 4.79 Å². The van der Waals surface area contributed by atoms with Gasteiger partial charge in [-0.2, -0.15) is 0 Å². The van der Waals surface area contributed by atoms with Gasteiger partial charge in [0.15, 0.2) is 0 Å². The van der Waals surface area contributed by atoms with E-state index in [1.54, 1.807) is 0 Å². The fourth-order valence-electron chi connectivity index (χ4n) is 1.70. The van der Waals surface area contributed by atoms with Crippen LogP contribution in [0, 0.1) is 0 Å². The maximum Gasteiger partial charge on any atom is 0.322 e. The minimum Gasteiger partial charge on any atom is -0.465 e. The lowest BCUT2D eigenvalue weighted by Gasteiger charge is -2.14. The molecule has 0 bridgehead atoms. The number of nitrogens with one attached hydrogen (secondary N) is 1. The summed E-state index contributed by atoms with van der Waals surface area (Å²) >= 11 is 0. The first-order valence-electron chi connectivity index (χ1n) is 6.73. The smallest absolute Gasteiger partial charge is 0.322 e. The summed E-state index contributed by atoms with van der Waals surface area (Å²) < 4.78 is 10.4. The molecule has 0 aromatic heterocycles. The average Bonchev–Trinajstić information content (AvgIpc) is 2.43. The van der Waals surface area contributed by atoms with Crippen LogP contribution in [-0.2, 0) is 27.4 Å². The van der Waals surface area contributed by atoms with Gasteiger partial charge < -0.3 is 14.8 Å². The van der Waals surface area contributed by atoms with Crippen LogP contribution in [0.4, 0.5) is 0 Å². The minimum absolute atomic E-state index is 0.218. The summed E-state index contributed by atoms with van der Waals surface area (Å²) in [5.41, 5.74) is 2.29. The molecule has 4 heteroatoms. The van der Waals surface area contributed by atoms with Crippen molar-refractivity contribution >= 4 is 5.97 Å². The number of rotatable bonds is 8. The van der Waals surface area contributed by atoms with E-state index in [0.717, 1.165) is 11.1 Å². The monoisotopic (exact) mass is 265 g/mol. The second kappa shape index (κ2) is 8.67. The lowest BCUT2D eigenvalue weighted by atomic mass is 10.1. The molecule has 1 N–H and O–H groups in total. The molecule has 4 nitrogen and oxygen atoms in total. The van der Waals surface area contributed by atoms with E-state index < -0.39 is 0 Å². The largest absolute Gasteiger partial charge is 0.465 e. The first-order chi connectivity index (χ1) is 9.19. The summed E-state index contributed by atoms with van der Waals surface area (Å²) in [4.78, 5) is 11.5. The Kier molecular flexibility index (Phi) is 7.15. The van der Waals surface area contributed by atoms with Gasteiger partial charge in [-0.05, 0) is 31.9 Å². The third-order valence-electron chi connectivity index (χ3n) is 2.82. The second-order valence-electron chi connectivity index (χ2n) is 4.26. The summed E-state index contributed by atoms with van der Waals surface area (Å²) in [5.74, 6) is -0.218. The van der Waals surface area contributed by atoms with Gasteiger partial charge in [-0.15, -0.1) is 0 Å². The average molecular weight is 265 g/mol. The molecule has 0 aliphatic rings. The maximum atomic E-state index is 11.5. The van der Waals surface area contributed by atoms with Gasteiger partial charge in [0.05, 0.1) is 13.2 Å². The SMILES string of the molecule is CCOCc1ccccc1CNC(C)C(=O)OCC. The van der Waals surface area contributed by atoms with Crippen LogP contribution in [0.2, 0.25) is 0 Å². The van der Waals surface area contributed by atoms with Crippen molar-refractivity contribution in [1.29, 1.82) is 0 Å². The molecule has 1 aromatic rings. The molecule has 0 saturated carbocycles. The number of ether oxygens (including phenoxy) is 2. The van der Waals surface area contributed by atoms with Crippen LogP contribution in [-0.4, -0.2) is 25.2 Å². The van der Waals surface area contributed by atoms with Crippen LogP contribution in [0.25, 0.3) is 0 Å². The van der Waals surface area contributed by atoms with Crippen molar-refractivity contribution in [3.05, 3.63) is 35.4 Å². The van der Waals surface area contributed by atoms with E-state index >= 15 is 0 Å². The molecule has 0 saturated heterocycles. The van der Waals surface area contributed by atoms with Gasteiger partial charge in [-0.1, -0.05) is 24.3 Å². The topological polar surface area (TPSA) is 47.6 Å². The summed E-state index contributed by atoms with van der Waals surface area (Å²) in [7, 11) is 0. The summed E-state index contributed by atoms with van der Waals surface area (Å²) in [6, 6.07) is 7.76. The number of carbonyl (C=O) groups is 1. The van der Waals surface area contributed by atoms with Crippen molar-refractivity contribution in [3.63, 3.8) is 0 Å². The van der Waals surface area contributed by atoms with E-state index in [4.69, 9.17) is 9.47 Å². The summed E-state index contributed by atoms with van der Waals surface area (Å²) in [6.45, 7) is 7.92. The van der Waals surface area contributed by atoms with Gasteiger partial charge in [0.1, 0.15) is 6.04 Å². The Balaban J connectivity index is 2.54. The van der Waals surface area contributed by atoms with Gasteiger partial charge in [0.2, 0.25) is 0 Å². The fraction of sp³-hybridized carbons (Fsp3) is 0.533. The number of carbonyl (C=O) groups excluding carboxylic acids is 1. The molecular formula is C15H23NO3. The molecule has 0 radical (unpaired) electrons. The molecule has 0 spiro atoms. The zero-order valence-corrected chi connectivity index (χ0v) is 11.9. The third-order valence-corrected chi connectivity index (χ3v) is 2.82. The highest BCUT2D eigenvalue weighted by Gasteiger charge is 2.13. The lowest BCUT2D eigenvalue weighted by Crippen LogP contribution is -2.35. The van der Waals surface area contributed by atoms with Gasteiger partial charge in [-0.25, -0.2) is 0 Å². The van der Waals surface area contributed by atoms with Crippen molar-refractivity contribution in [1.82, 2.24) is 5.32 Å². The van der Waals surface area contributed by atoms with E-state index in [-0.39, 0.29) is 12.0 Å². The normalized spacial score (nSPS) is 12.2. The first kappa shape index (κ1) is 15.7. The molecule has 1 atom stereocenters. The molecule has 1 rings (SSSR count). The van der Waals surface area contributed by atoms with Crippen LogP contribution < -0.4 is 5.32 Å². The Morgan fingerprint density at radius 1 is 1.21 bits per heavy atom. The van der Waals surface area contributed by atoms with E-state index in [2.05, 4.69) is 5.32 Å². The van der Waals surface area contributed by atoms with Crippen molar-refractivity contribution in [2.24, 2.45) is 0 Å². The first-order valence-corrected chi connectivity index (χ1v) is 6.73. The van der Waals surface area contributed by atoms with Crippen molar-refractivity contribution in [2.75, 3.05) is 13.2 Å². The number of hydrogen-bond donors (Lipinski definition) is 1. The van der Waals surface area contributed by atoms with Crippen LogP contribution in [0.1, 0.15) is 31.9 Å². The number of hydrogen-bond acceptors (Lipinski definition) is 4. The van der Waals surface area contributed by atoms with Crippen molar-refractivity contribution in [2.45, 2.75) is 40.0 Å². The van der Waals surface area contributed by atoms with E-state index in [0.29, 0.717) is 26.4 Å². The Hall–Kier alpha value is -1.39. The minimum atomic E-state index is -0.305. The van der Waals surface area contributed by atoms with Gasteiger partial charge in [0, 0.05) is 13.2 Å². The van der Waals surface area contributed by atoms with Crippen LogP contribution in [0.15, 0.2) is 24.3 Å². The Bertz CT molecular complexity index is 393. The Morgan fingerprint density at radius 2 is 1.89 bits per heavy atom. The maximum absolute atomic E-state index is 11.5. The van der Waals surface area contributed by atoms with Crippen molar-refractivity contribution in [3.8, 4) is 0 Å².